The molecule has 0 bridgehead atoms. The summed E-state index contributed by atoms with van der Waals surface area (Å²) in [5.41, 5.74) is 4.26. The average molecular weight is 632 g/mol. The van der Waals surface area contributed by atoms with Gasteiger partial charge in [0.1, 0.15) is 13.2 Å². The summed E-state index contributed by atoms with van der Waals surface area (Å²) >= 11 is 6.08. The van der Waals surface area contributed by atoms with Crippen molar-refractivity contribution in [1.82, 2.24) is 4.90 Å². The van der Waals surface area contributed by atoms with Gasteiger partial charge < -0.3 is 19.5 Å². The van der Waals surface area contributed by atoms with Crippen molar-refractivity contribution in [2.24, 2.45) is 10.8 Å². The summed E-state index contributed by atoms with van der Waals surface area (Å²) in [4.78, 5) is 42.1. The molecule has 1 aliphatic heterocycles. The molecule has 0 fully saturated rings. The van der Waals surface area contributed by atoms with Gasteiger partial charge in [-0.15, -0.1) is 6.58 Å². The number of ether oxygens (including phenoxy) is 2. The number of Topliss-reactive ketones (excluding diaryl/α,β-unsaturated/α-hetero) is 2. The lowest BCUT2D eigenvalue weighted by Crippen LogP contribution is -2.45. The Kier molecular flexibility index (Phi) is 9.05. The first-order valence-electron chi connectivity index (χ1n) is 15.5. The summed E-state index contributed by atoms with van der Waals surface area (Å²) in [6.45, 7) is 14.4. The fourth-order valence-electron chi connectivity index (χ4n) is 7.03. The van der Waals surface area contributed by atoms with E-state index < -0.39 is 11.9 Å². The molecular weight excluding hydrogens is 590 g/mol. The molecule has 45 heavy (non-hydrogen) atoms. The van der Waals surface area contributed by atoms with Gasteiger partial charge >= 0.3 is 5.97 Å². The normalized spacial score (nSPS) is 19.3. The molecule has 2 aromatic carbocycles. The molecule has 0 atom stereocenters. The number of rotatable bonds is 10. The van der Waals surface area contributed by atoms with Gasteiger partial charge in [-0.3, -0.25) is 14.4 Å². The first-order valence-corrected chi connectivity index (χ1v) is 15.9. The zero-order valence-electron chi connectivity index (χ0n) is 26.8. The van der Waals surface area contributed by atoms with Crippen molar-refractivity contribution in [3.63, 3.8) is 0 Å². The second-order valence-electron chi connectivity index (χ2n) is 13.9. The zero-order chi connectivity index (χ0) is 32.7. The van der Waals surface area contributed by atoms with E-state index in [2.05, 4.69) is 6.58 Å². The van der Waals surface area contributed by atoms with Gasteiger partial charge in [0.2, 0.25) is 0 Å². The molecule has 0 radical (unpaired) electrons. The third-order valence-electron chi connectivity index (χ3n) is 8.76. The molecule has 0 spiro atoms. The number of hydrogen-bond donors (Lipinski definition) is 1. The highest BCUT2D eigenvalue weighted by Crippen LogP contribution is 2.55. The van der Waals surface area contributed by atoms with Gasteiger partial charge in [0, 0.05) is 51.9 Å². The molecule has 7 nitrogen and oxygen atoms in total. The topological polar surface area (TPSA) is 93.1 Å². The number of benzene rings is 2. The molecule has 3 aliphatic rings. The van der Waals surface area contributed by atoms with E-state index in [0.29, 0.717) is 84.4 Å². The Morgan fingerprint density at radius 3 is 2.07 bits per heavy atom. The van der Waals surface area contributed by atoms with Crippen LogP contribution in [0.4, 0.5) is 0 Å². The number of carbonyl (C=O) groups is 3. The van der Waals surface area contributed by atoms with Crippen LogP contribution in [0.5, 0.6) is 11.5 Å². The Hall–Kier alpha value is -3.84. The number of hydrogen-bond acceptors (Lipinski definition) is 6. The number of aliphatic carboxylic acids is 1. The monoisotopic (exact) mass is 631 g/mol. The molecule has 2 aliphatic carbocycles. The average Bonchev–Trinajstić information content (AvgIpc) is 2.93. The number of halogens is 1. The summed E-state index contributed by atoms with van der Waals surface area (Å²) < 4.78 is 12.5. The fraction of sp³-hybridized carbons (Fsp3) is 0.432. The van der Waals surface area contributed by atoms with E-state index in [1.54, 1.807) is 11.0 Å². The highest BCUT2D eigenvalue weighted by Gasteiger charge is 2.49. The van der Waals surface area contributed by atoms with Crippen LogP contribution in [-0.2, 0) is 27.4 Å². The minimum absolute atomic E-state index is 0.0582. The van der Waals surface area contributed by atoms with E-state index >= 15 is 0 Å². The molecule has 0 amide bonds. The third kappa shape index (κ3) is 6.74. The van der Waals surface area contributed by atoms with E-state index in [4.69, 9.17) is 21.1 Å². The third-order valence-corrected chi connectivity index (χ3v) is 9.02. The quantitative estimate of drug-likeness (QED) is 0.267. The van der Waals surface area contributed by atoms with E-state index in [9.17, 15) is 19.5 Å². The number of allylic oxidation sites excluding steroid dienone is 5. The fourth-order valence-corrected chi connectivity index (χ4v) is 7.15. The van der Waals surface area contributed by atoms with Crippen molar-refractivity contribution in [2.75, 3.05) is 13.2 Å². The van der Waals surface area contributed by atoms with Crippen LogP contribution in [0.1, 0.15) is 82.9 Å². The molecule has 0 aromatic heterocycles. The minimum atomic E-state index is -1.01. The molecule has 5 rings (SSSR count). The van der Waals surface area contributed by atoms with Crippen LogP contribution >= 0.6 is 11.6 Å². The van der Waals surface area contributed by atoms with Crippen molar-refractivity contribution in [3.8, 4) is 11.5 Å². The molecule has 0 saturated carbocycles. The first-order chi connectivity index (χ1) is 21.2. The first kappa shape index (κ1) is 32.6. The molecule has 0 unspecified atom stereocenters. The number of carbonyl (C=O) groups excluding carboxylic acids is 2. The Morgan fingerprint density at radius 1 is 0.978 bits per heavy atom. The Labute approximate surface area is 270 Å². The maximum absolute atomic E-state index is 14.1. The van der Waals surface area contributed by atoms with Gasteiger partial charge in [0.25, 0.3) is 0 Å². The summed E-state index contributed by atoms with van der Waals surface area (Å²) in [6, 6.07) is 11.3. The van der Waals surface area contributed by atoms with Gasteiger partial charge in [-0.25, -0.2) is 0 Å². The van der Waals surface area contributed by atoms with Crippen LogP contribution in [0.3, 0.4) is 0 Å². The SMILES string of the molecule is C=CCc1cc(C2C3=C(CC(C)(C)CC3=O)N(CC(=O)O)C3=C2C(=O)CC(C)(C)C3)cc(OCC)c1OCc1ccc(Cl)cc1. The van der Waals surface area contributed by atoms with Crippen LogP contribution in [0.25, 0.3) is 0 Å². The molecule has 2 aromatic rings. The van der Waals surface area contributed by atoms with Gasteiger partial charge in [0.05, 0.1) is 6.61 Å². The van der Waals surface area contributed by atoms with Crippen molar-refractivity contribution >= 4 is 29.1 Å². The Balaban J connectivity index is 1.72. The Bertz CT molecular complexity index is 1560. The maximum atomic E-state index is 14.1. The number of ketones is 2. The van der Waals surface area contributed by atoms with Crippen LogP contribution in [-0.4, -0.2) is 40.7 Å². The van der Waals surface area contributed by atoms with Gasteiger partial charge in [-0.1, -0.05) is 63.6 Å². The lowest BCUT2D eigenvalue weighted by Gasteiger charge is -2.48. The zero-order valence-corrected chi connectivity index (χ0v) is 27.6. The van der Waals surface area contributed by atoms with Crippen LogP contribution in [0, 0.1) is 10.8 Å². The van der Waals surface area contributed by atoms with Crippen molar-refractivity contribution in [1.29, 1.82) is 0 Å². The lowest BCUT2D eigenvalue weighted by molar-refractivity contribution is -0.138. The van der Waals surface area contributed by atoms with E-state index in [0.717, 1.165) is 16.7 Å². The van der Waals surface area contributed by atoms with Gasteiger partial charge in [0.15, 0.2) is 23.1 Å². The molecular formula is C37H42ClNO6. The predicted molar refractivity (Wildman–Crippen MR) is 174 cm³/mol. The van der Waals surface area contributed by atoms with Gasteiger partial charge in [-0.05, 0) is 66.3 Å². The van der Waals surface area contributed by atoms with E-state index in [1.165, 1.54) is 0 Å². The summed E-state index contributed by atoms with van der Waals surface area (Å²) in [5, 5.41) is 10.6. The second kappa shape index (κ2) is 12.5. The van der Waals surface area contributed by atoms with E-state index in [1.807, 2.05) is 71.0 Å². The molecule has 0 saturated heterocycles. The molecule has 1 heterocycles. The van der Waals surface area contributed by atoms with Crippen molar-refractivity contribution in [2.45, 2.75) is 79.2 Å². The number of nitrogens with zero attached hydrogens (tertiary/aromatic N) is 1. The smallest absolute Gasteiger partial charge is 0.323 e. The molecule has 238 valence electrons. The summed E-state index contributed by atoms with van der Waals surface area (Å²) in [7, 11) is 0. The van der Waals surface area contributed by atoms with Crippen molar-refractivity contribution in [3.05, 3.63) is 93.3 Å². The number of carboxylic acids is 1. The van der Waals surface area contributed by atoms with Crippen molar-refractivity contribution < 1.29 is 29.0 Å². The summed E-state index contributed by atoms with van der Waals surface area (Å²) in [6.07, 6.45) is 3.95. The Morgan fingerprint density at radius 2 is 1.56 bits per heavy atom. The predicted octanol–water partition coefficient (Wildman–Crippen LogP) is 7.82. The molecule has 1 N–H and O–H groups in total. The lowest BCUT2D eigenvalue weighted by atomic mass is 9.63. The minimum Gasteiger partial charge on any atom is -0.490 e. The van der Waals surface area contributed by atoms with Gasteiger partial charge in [-0.2, -0.15) is 0 Å². The highest BCUT2D eigenvalue weighted by atomic mass is 35.5. The highest BCUT2D eigenvalue weighted by molar-refractivity contribution is 6.30. The summed E-state index contributed by atoms with van der Waals surface area (Å²) in [5.74, 6) is -0.665. The van der Waals surface area contributed by atoms with Crippen LogP contribution in [0.15, 0.2) is 71.6 Å². The molecule has 8 heteroatoms. The number of carboxylic acid groups (broad SMARTS) is 1. The van der Waals surface area contributed by atoms with Crippen LogP contribution in [0.2, 0.25) is 5.02 Å². The maximum Gasteiger partial charge on any atom is 0.323 e. The largest absolute Gasteiger partial charge is 0.490 e. The van der Waals surface area contributed by atoms with E-state index in [-0.39, 0.29) is 28.9 Å². The standard InChI is InChI=1S/C37H42ClNO6/c1-7-9-23-14-24(15-30(44-8-2)35(23)45-21-22-10-12-25(38)13-11-22)32-33-26(16-36(3,4)18-28(33)40)39(20-31(42)43)27-17-37(5,6)19-29(41)34(27)32/h7,10-15,32H,1,8-9,16-21H2,2-6H3,(H,42,43). The second-order valence-corrected chi connectivity index (χ2v) is 14.3. The van der Waals surface area contributed by atoms with Crippen LogP contribution < -0.4 is 9.47 Å².